The molecule has 1 aliphatic rings. The van der Waals surface area contributed by atoms with E-state index < -0.39 is 8.32 Å². The van der Waals surface area contributed by atoms with Gasteiger partial charge in [-0.25, -0.2) is 0 Å². The Hall–Kier alpha value is -1.56. The summed E-state index contributed by atoms with van der Waals surface area (Å²) in [7, 11) is -1.80. The molecule has 3 rings (SSSR count). The van der Waals surface area contributed by atoms with Crippen molar-refractivity contribution in [2.75, 3.05) is 0 Å². The predicted octanol–water partition coefficient (Wildman–Crippen LogP) is 7.56. The molecule has 0 bridgehead atoms. The lowest BCUT2D eigenvalue weighted by atomic mass is 10.0. The summed E-state index contributed by atoms with van der Waals surface area (Å²) in [5, 5.41) is 9.91. The molecule has 0 aromatic heterocycles. The fourth-order valence-corrected chi connectivity index (χ4v) is 4.67. The molecule has 0 aliphatic carbocycles. The number of hydrogen-bond donors (Lipinski definition) is 1. The molecule has 30 heavy (non-hydrogen) atoms. The maximum absolute atomic E-state index is 9.71. The van der Waals surface area contributed by atoms with Gasteiger partial charge in [-0.3, -0.25) is 0 Å². The van der Waals surface area contributed by atoms with E-state index in [9.17, 15) is 5.11 Å². The van der Waals surface area contributed by atoms with E-state index in [0.717, 1.165) is 30.6 Å². The zero-order valence-corrected chi connectivity index (χ0v) is 21.2. The van der Waals surface area contributed by atoms with Crippen LogP contribution in [0.2, 0.25) is 18.1 Å². The average Bonchev–Trinajstić information content (AvgIpc) is 2.69. The molecule has 0 fully saturated rings. The highest BCUT2D eigenvalue weighted by atomic mass is 79.9. The highest BCUT2D eigenvalue weighted by Crippen LogP contribution is 2.37. The molecular weight excluding hydrogens is 456 g/mol. The van der Waals surface area contributed by atoms with Crippen LogP contribution in [0, 0.1) is 0 Å². The largest absolute Gasteiger partial charge is 0.544 e. The third kappa shape index (κ3) is 5.77. The number of halogens is 1. The Bertz CT molecular complexity index is 884. The molecule has 2 aromatic rings. The van der Waals surface area contributed by atoms with Crippen LogP contribution in [0.1, 0.15) is 50.8 Å². The molecule has 162 valence electrons. The van der Waals surface area contributed by atoms with Gasteiger partial charge in [0.2, 0.25) is 8.32 Å². The second kappa shape index (κ2) is 9.29. The van der Waals surface area contributed by atoms with Gasteiger partial charge < -0.3 is 14.3 Å². The first-order valence-electron chi connectivity index (χ1n) is 10.6. The summed E-state index contributed by atoms with van der Waals surface area (Å²) in [5.74, 6) is 1.22. The van der Waals surface area contributed by atoms with E-state index in [1.54, 1.807) is 6.07 Å². The van der Waals surface area contributed by atoms with Crippen molar-refractivity contribution in [3.8, 4) is 11.5 Å². The van der Waals surface area contributed by atoms with Gasteiger partial charge >= 0.3 is 0 Å². The topological polar surface area (TPSA) is 38.7 Å². The second-order valence-corrected chi connectivity index (χ2v) is 15.2. The molecule has 0 amide bonds. The van der Waals surface area contributed by atoms with Crippen molar-refractivity contribution in [3.63, 3.8) is 0 Å². The standard InChI is InChI=1S/C25H33BrO3Si/c1-25(2,3)30(4,5)29-21-14-10-18(11-15-21)9-13-20-7-6-8-24(28-20)19-12-16-23(27)22(26)17-19/h6,8,10-12,14-17,20,24,27H,7,9,13H2,1-5H3/t20-,24-/m1/s1. The molecule has 0 spiro atoms. The van der Waals surface area contributed by atoms with Gasteiger partial charge in [-0.2, -0.15) is 0 Å². The molecule has 0 radical (unpaired) electrons. The van der Waals surface area contributed by atoms with Crippen LogP contribution >= 0.6 is 15.9 Å². The van der Waals surface area contributed by atoms with Crippen LogP contribution in [0.15, 0.2) is 59.1 Å². The van der Waals surface area contributed by atoms with Gasteiger partial charge in [0, 0.05) is 0 Å². The van der Waals surface area contributed by atoms with Crippen LogP contribution in [0.4, 0.5) is 0 Å². The SMILES string of the molecule is CC(C)(C)[Si](C)(C)Oc1ccc(CC[C@H]2CC=C[C@H](c3ccc(O)c(Br)c3)O2)cc1. The number of benzene rings is 2. The molecule has 2 atom stereocenters. The van der Waals surface area contributed by atoms with E-state index in [2.05, 4.69) is 86.2 Å². The Labute approximate surface area is 190 Å². The van der Waals surface area contributed by atoms with E-state index in [-0.39, 0.29) is 23.0 Å². The van der Waals surface area contributed by atoms with Crippen molar-refractivity contribution < 1.29 is 14.3 Å². The zero-order chi connectivity index (χ0) is 21.9. The Morgan fingerprint density at radius 2 is 1.83 bits per heavy atom. The molecule has 1 aliphatic heterocycles. The highest BCUT2D eigenvalue weighted by molar-refractivity contribution is 9.10. The summed E-state index contributed by atoms with van der Waals surface area (Å²) in [4.78, 5) is 0. The van der Waals surface area contributed by atoms with E-state index in [1.165, 1.54) is 5.56 Å². The van der Waals surface area contributed by atoms with Crippen LogP contribution in [-0.2, 0) is 11.2 Å². The number of phenols is 1. The van der Waals surface area contributed by atoms with Crippen molar-refractivity contribution in [3.05, 3.63) is 70.2 Å². The number of ether oxygens (including phenoxy) is 1. The first-order valence-corrected chi connectivity index (χ1v) is 14.3. The Morgan fingerprint density at radius 3 is 2.47 bits per heavy atom. The quantitative estimate of drug-likeness (QED) is 0.336. The Kier molecular flexibility index (Phi) is 7.15. The first-order chi connectivity index (χ1) is 14.0. The molecule has 0 unspecified atom stereocenters. The normalized spacial score (nSPS) is 19.7. The molecule has 1 heterocycles. The number of rotatable bonds is 6. The maximum atomic E-state index is 9.71. The smallest absolute Gasteiger partial charge is 0.250 e. The molecule has 2 aromatic carbocycles. The van der Waals surface area contributed by atoms with Crippen LogP contribution < -0.4 is 4.43 Å². The van der Waals surface area contributed by atoms with Crippen LogP contribution in [0.3, 0.4) is 0 Å². The van der Waals surface area contributed by atoms with Gasteiger partial charge in [0.25, 0.3) is 0 Å². The van der Waals surface area contributed by atoms with Gasteiger partial charge in [-0.15, -0.1) is 0 Å². The maximum Gasteiger partial charge on any atom is 0.250 e. The molecule has 0 saturated carbocycles. The van der Waals surface area contributed by atoms with Crippen molar-refractivity contribution in [2.45, 2.75) is 70.4 Å². The van der Waals surface area contributed by atoms with E-state index in [4.69, 9.17) is 9.16 Å². The summed E-state index contributed by atoms with van der Waals surface area (Å²) in [6.07, 6.45) is 7.31. The minimum absolute atomic E-state index is 0.0685. The number of hydrogen-bond acceptors (Lipinski definition) is 3. The van der Waals surface area contributed by atoms with Gasteiger partial charge in [0.15, 0.2) is 0 Å². The third-order valence-corrected chi connectivity index (χ3v) is 11.2. The lowest BCUT2D eigenvalue weighted by Gasteiger charge is -2.36. The summed E-state index contributed by atoms with van der Waals surface area (Å²) in [6, 6.07) is 14.1. The van der Waals surface area contributed by atoms with Crippen LogP contribution in [-0.4, -0.2) is 19.5 Å². The van der Waals surface area contributed by atoms with Crippen molar-refractivity contribution in [2.24, 2.45) is 0 Å². The number of phenolic OH excluding ortho intramolecular Hbond substituents is 1. The van der Waals surface area contributed by atoms with Gasteiger partial charge in [0.1, 0.15) is 17.6 Å². The molecule has 3 nitrogen and oxygen atoms in total. The van der Waals surface area contributed by atoms with Crippen LogP contribution in [0.25, 0.3) is 0 Å². The van der Waals surface area contributed by atoms with E-state index in [1.807, 2.05) is 12.1 Å². The molecule has 1 N–H and O–H groups in total. The molecule has 5 heteroatoms. The fourth-order valence-electron chi connectivity index (χ4n) is 3.24. The fraction of sp³-hybridized carbons (Fsp3) is 0.440. The van der Waals surface area contributed by atoms with Gasteiger partial charge in [-0.1, -0.05) is 51.1 Å². The number of aromatic hydroxyl groups is 1. The monoisotopic (exact) mass is 488 g/mol. The third-order valence-electron chi connectivity index (χ3n) is 6.21. The molecular formula is C25H33BrO3Si. The highest BCUT2D eigenvalue weighted by Gasteiger charge is 2.38. The predicted molar refractivity (Wildman–Crippen MR) is 130 cm³/mol. The van der Waals surface area contributed by atoms with Crippen molar-refractivity contribution >= 4 is 24.2 Å². The van der Waals surface area contributed by atoms with Crippen molar-refractivity contribution in [1.82, 2.24) is 0 Å². The minimum Gasteiger partial charge on any atom is -0.544 e. The Morgan fingerprint density at radius 1 is 1.13 bits per heavy atom. The Balaban J connectivity index is 1.55. The first kappa shape index (κ1) is 23.1. The van der Waals surface area contributed by atoms with Crippen LogP contribution in [0.5, 0.6) is 11.5 Å². The summed E-state index contributed by atoms with van der Waals surface area (Å²) >= 11 is 3.39. The van der Waals surface area contributed by atoms with Gasteiger partial charge in [-0.05, 0) is 88.7 Å². The molecule has 0 saturated heterocycles. The van der Waals surface area contributed by atoms with Gasteiger partial charge in [0.05, 0.1) is 10.6 Å². The second-order valence-electron chi connectivity index (χ2n) is 9.60. The zero-order valence-electron chi connectivity index (χ0n) is 18.6. The minimum atomic E-state index is -1.80. The van der Waals surface area contributed by atoms with E-state index in [0.29, 0.717) is 4.47 Å². The summed E-state index contributed by atoms with van der Waals surface area (Å²) in [6.45, 7) is 11.3. The lowest BCUT2D eigenvalue weighted by molar-refractivity contribution is 0.000697. The summed E-state index contributed by atoms with van der Waals surface area (Å²) in [5.41, 5.74) is 2.35. The number of aryl methyl sites for hydroxylation is 1. The summed E-state index contributed by atoms with van der Waals surface area (Å²) < 4.78 is 13.4. The lowest BCUT2D eigenvalue weighted by Crippen LogP contribution is -2.43. The average molecular weight is 490 g/mol. The van der Waals surface area contributed by atoms with Crippen molar-refractivity contribution in [1.29, 1.82) is 0 Å². The van der Waals surface area contributed by atoms with E-state index >= 15 is 0 Å².